The summed E-state index contributed by atoms with van der Waals surface area (Å²) in [5.41, 5.74) is 1.60. The summed E-state index contributed by atoms with van der Waals surface area (Å²) in [5.74, 6) is -0.288. The molecule has 0 saturated carbocycles. The molecule has 0 spiro atoms. The van der Waals surface area contributed by atoms with Crippen LogP contribution >= 0.6 is 0 Å². The number of benzene rings is 2. The molecule has 0 bridgehead atoms. The summed E-state index contributed by atoms with van der Waals surface area (Å²) in [6.45, 7) is 2.25. The summed E-state index contributed by atoms with van der Waals surface area (Å²) < 4.78 is 4.29. The molecule has 8 nitrogen and oxygen atoms in total. The van der Waals surface area contributed by atoms with Crippen LogP contribution in [0.25, 0.3) is 16.6 Å². The Hall–Kier alpha value is -3.94. The molecule has 0 aliphatic carbocycles. The summed E-state index contributed by atoms with van der Waals surface area (Å²) in [6.07, 6.45) is 4.31. The van der Waals surface area contributed by atoms with Gasteiger partial charge in [0.25, 0.3) is 5.56 Å². The standard InChI is InChI=1S/C23H23N5O3/c1-2-26-22(30)19-10-6-7-11-20(19)27(23(26)31)16-21(29)24-13-12-17-14-25-28(15-17)18-8-4-3-5-9-18/h3-11,14-15H,2,12-13,16H2,1H3,(H,24,29). The van der Waals surface area contributed by atoms with Gasteiger partial charge in [0.1, 0.15) is 6.54 Å². The molecule has 4 rings (SSSR count). The van der Waals surface area contributed by atoms with Gasteiger partial charge in [-0.15, -0.1) is 0 Å². The van der Waals surface area contributed by atoms with Gasteiger partial charge in [0, 0.05) is 19.3 Å². The van der Waals surface area contributed by atoms with Crippen molar-refractivity contribution in [2.24, 2.45) is 0 Å². The maximum Gasteiger partial charge on any atom is 0.331 e. The van der Waals surface area contributed by atoms with Crippen LogP contribution < -0.4 is 16.6 Å². The van der Waals surface area contributed by atoms with E-state index < -0.39 is 5.69 Å². The minimum absolute atomic E-state index is 0.150. The number of carbonyl (C=O) groups excluding carboxylic acids is 1. The highest BCUT2D eigenvalue weighted by molar-refractivity contribution is 5.81. The fourth-order valence-electron chi connectivity index (χ4n) is 3.56. The first-order valence-electron chi connectivity index (χ1n) is 10.2. The summed E-state index contributed by atoms with van der Waals surface area (Å²) >= 11 is 0. The first-order valence-corrected chi connectivity index (χ1v) is 10.2. The van der Waals surface area contributed by atoms with Crippen LogP contribution in [0.5, 0.6) is 0 Å². The predicted molar refractivity (Wildman–Crippen MR) is 118 cm³/mol. The van der Waals surface area contributed by atoms with Gasteiger partial charge in [-0.3, -0.25) is 18.7 Å². The highest BCUT2D eigenvalue weighted by atomic mass is 16.2. The number of nitrogens with one attached hydrogen (secondary N) is 1. The molecule has 2 aromatic carbocycles. The van der Waals surface area contributed by atoms with Gasteiger partial charge in [0.2, 0.25) is 5.91 Å². The Labute approximate surface area is 178 Å². The maximum atomic E-state index is 12.7. The molecule has 4 aromatic rings. The molecule has 0 aliphatic heterocycles. The van der Waals surface area contributed by atoms with Crippen molar-refractivity contribution in [2.45, 2.75) is 26.4 Å². The Bertz CT molecular complexity index is 1330. The number of carbonyl (C=O) groups is 1. The lowest BCUT2D eigenvalue weighted by atomic mass is 10.2. The molecular weight excluding hydrogens is 394 g/mol. The first-order chi connectivity index (χ1) is 15.1. The molecule has 1 amide bonds. The van der Waals surface area contributed by atoms with Crippen molar-refractivity contribution in [3.63, 3.8) is 0 Å². The fourth-order valence-corrected chi connectivity index (χ4v) is 3.56. The number of aromatic nitrogens is 4. The number of fused-ring (bicyclic) bond motifs is 1. The van der Waals surface area contributed by atoms with Gasteiger partial charge < -0.3 is 5.32 Å². The van der Waals surface area contributed by atoms with E-state index in [0.717, 1.165) is 15.8 Å². The zero-order chi connectivity index (χ0) is 21.8. The average Bonchev–Trinajstić information content (AvgIpc) is 3.27. The van der Waals surface area contributed by atoms with Crippen molar-refractivity contribution in [3.8, 4) is 5.69 Å². The third-order valence-corrected chi connectivity index (χ3v) is 5.14. The van der Waals surface area contributed by atoms with Crippen molar-refractivity contribution >= 4 is 16.8 Å². The van der Waals surface area contributed by atoms with E-state index in [0.29, 0.717) is 23.9 Å². The second kappa shape index (κ2) is 8.83. The quantitative estimate of drug-likeness (QED) is 0.496. The Morgan fingerprint density at radius 2 is 1.74 bits per heavy atom. The Morgan fingerprint density at radius 3 is 2.52 bits per heavy atom. The van der Waals surface area contributed by atoms with E-state index in [2.05, 4.69) is 10.4 Å². The minimum Gasteiger partial charge on any atom is -0.354 e. The monoisotopic (exact) mass is 417 g/mol. The van der Waals surface area contributed by atoms with Gasteiger partial charge in [-0.1, -0.05) is 30.3 Å². The molecule has 2 heterocycles. The lowest BCUT2D eigenvalue weighted by Gasteiger charge is -2.13. The largest absolute Gasteiger partial charge is 0.354 e. The van der Waals surface area contributed by atoms with Crippen LogP contribution in [-0.2, 0) is 24.3 Å². The van der Waals surface area contributed by atoms with Crippen LogP contribution in [0, 0.1) is 0 Å². The van der Waals surface area contributed by atoms with E-state index >= 15 is 0 Å². The van der Waals surface area contributed by atoms with E-state index in [-0.39, 0.29) is 24.6 Å². The van der Waals surface area contributed by atoms with Crippen molar-refractivity contribution in [3.05, 3.63) is 93.4 Å². The topological polar surface area (TPSA) is 90.9 Å². The predicted octanol–water partition coefficient (Wildman–Crippen LogP) is 1.73. The molecule has 0 fully saturated rings. The molecule has 0 unspecified atom stereocenters. The number of hydrogen-bond acceptors (Lipinski definition) is 4. The van der Waals surface area contributed by atoms with Gasteiger partial charge in [0.15, 0.2) is 0 Å². The number of nitrogens with zero attached hydrogens (tertiary/aromatic N) is 4. The van der Waals surface area contributed by atoms with Gasteiger partial charge in [-0.05, 0) is 43.2 Å². The smallest absolute Gasteiger partial charge is 0.331 e. The second-order valence-electron chi connectivity index (χ2n) is 7.16. The van der Waals surface area contributed by atoms with E-state index in [1.165, 1.54) is 4.57 Å². The van der Waals surface area contributed by atoms with Crippen LogP contribution in [0.1, 0.15) is 12.5 Å². The van der Waals surface area contributed by atoms with E-state index in [9.17, 15) is 14.4 Å². The number of hydrogen-bond donors (Lipinski definition) is 1. The van der Waals surface area contributed by atoms with Crippen molar-refractivity contribution < 1.29 is 4.79 Å². The molecular formula is C23H23N5O3. The molecule has 1 N–H and O–H groups in total. The zero-order valence-electron chi connectivity index (χ0n) is 17.2. The van der Waals surface area contributed by atoms with E-state index in [4.69, 9.17) is 0 Å². The molecule has 2 aromatic heterocycles. The van der Waals surface area contributed by atoms with Crippen LogP contribution in [0.15, 0.2) is 76.6 Å². The van der Waals surface area contributed by atoms with E-state index in [1.54, 1.807) is 42.1 Å². The third-order valence-electron chi connectivity index (χ3n) is 5.14. The first kappa shape index (κ1) is 20.3. The van der Waals surface area contributed by atoms with Crippen molar-refractivity contribution in [2.75, 3.05) is 6.54 Å². The molecule has 0 radical (unpaired) electrons. The molecule has 158 valence electrons. The van der Waals surface area contributed by atoms with Crippen LogP contribution in [0.3, 0.4) is 0 Å². The van der Waals surface area contributed by atoms with Crippen LogP contribution in [0.2, 0.25) is 0 Å². The molecule has 0 atom stereocenters. The van der Waals surface area contributed by atoms with Gasteiger partial charge >= 0.3 is 5.69 Å². The summed E-state index contributed by atoms with van der Waals surface area (Å²) in [5, 5.41) is 7.62. The average molecular weight is 417 g/mol. The third kappa shape index (κ3) is 4.18. The molecule has 8 heteroatoms. The van der Waals surface area contributed by atoms with Gasteiger partial charge in [0.05, 0.1) is 22.8 Å². The van der Waals surface area contributed by atoms with Crippen molar-refractivity contribution in [1.29, 1.82) is 0 Å². The van der Waals surface area contributed by atoms with Crippen LogP contribution in [-0.4, -0.2) is 31.4 Å². The van der Waals surface area contributed by atoms with Gasteiger partial charge in [-0.2, -0.15) is 5.10 Å². The molecule has 0 saturated heterocycles. The zero-order valence-corrected chi connectivity index (χ0v) is 17.2. The SMILES string of the molecule is CCn1c(=O)c2ccccc2n(CC(=O)NCCc2cnn(-c3ccccc3)c2)c1=O. The summed E-state index contributed by atoms with van der Waals surface area (Å²) in [4.78, 5) is 37.8. The molecule has 31 heavy (non-hydrogen) atoms. The lowest BCUT2D eigenvalue weighted by Crippen LogP contribution is -2.42. The molecule has 0 aliphatic rings. The number of para-hydroxylation sites is 2. The summed E-state index contributed by atoms with van der Waals surface area (Å²) in [6, 6.07) is 16.6. The van der Waals surface area contributed by atoms with E-state index in [1.807, 2.05) is 36.5 Å². The Kier molecular flexibility index (Phi) is 5.79. The normalized spacial score (nSPS) is 11.0. The second-order valence-corrected chi connectivity index (χ2v) is 7.16. The maximum absolute atomic E-state index is 12.7. The summed E-state index contributed by atoms with van der Waals surface area (Å²) in [7, 11) is 0. The van der Waals surface area contributed by atoms with Crippen LogP contribution in [0.4, 0.5) is 0 Å². The Balaban J connectivity index is 1.44. The lowest BCUT2D eigenvalue weighted by molar-refractivity contribution is -0.121. The fraction of sp³-hybridized carbons (Fsp3) is 0.217. The number of amides is 1. The minimum atomic E-state index is -0.481. The Morgan fingerprint density at radius 1 is 1.00 bits per heavy atom. The highest BCUT2D eigenvalue weighted by Gasteiger charge is 2.14. The van der Waals surface area contributed by atoms with Gasteiger partial charge in [-0.25, -0.2) is 9.48 Å². The number of rotatable bonds is 7. The van der Waals surface area contributed by atoms with Crippen molar-refractivity contribution in [1.82, 2.24) is 24.2 Å². The highest BCUT2D eigenvalue weighted by Crippen LogP contribution is 2.09.